The third-order valence-electron chi connectivity index (χ3n) is 6.24. The monoisotopic (exact) mass is 434 g/mol. The molecule has 1 aliphatic heterocycles. The predicted octanol–water partition coefficient (Wildman–Crippen LogP) is 7.52. The van der Waals surface area contributed by atoms with Crippen LogP contribution in [0.15, 0.2) is 72.8 Å². The van der Waals surface area contributed by atoms with Crippen molar-refractivity contribution in [2.45, 2.75) is 25.3 Å². The van der Waals surface area contributed by atoms with Gasteiger partial charge in [-0.15, -0.1) is 0 Å². The van der Waals surface area contributed by atoms with Gasteiger partial charge in [0.1, 0.15) is 0 Å². The van der Waals surface area contributed by atoms with E-state index in [1.54, 1.807) is 0 Å². The molecule has 0 amide bonds. The molecule has 0 atom stereocenters. The van der Waals surface area contributed by atoms with Gasteiger partial charge in [-0.3, -0.25) is 4.90 Å². The van der Waals surface area contributed by atoms with E-state index in [-0.39, 0.29) is 0 Å². The van der Waals surface area contributed by atoms with Crippen LogP contribution in [-0.2, 0) is 6.54 Å². The number of hydrogen-bond donors (Lipinski definition) is 1. The lowest BCUT2D eigenvalue weighted by Crippen LogP contribution is -2.32. The lowest BCUT2D eigenvalue weighted by atomic mass is 9.89. The van der Waals surface area contributed by atoms with E-state index in [1.165, 1.54) is 33.3 Å². The lowest BCUT2D eigenvalue weighted by molar-refractivity contribution is 0.205. The normalized spacial score (nSPS) is 15.7. The van der Waals surface area contributed by atoms with Crippen molar-refractivity contribution < 1.29 is 0 Å². The van der Waals surface area contributed by atoms with Crippen molar-refractivity contribution in [1.82, 2.24) is 9.88 Å². The average Bonchev–Trinajstić information content (AvgIpc) is 3.15. The Labute approximate surface area is 187 Å². The molecule has 2 heterocycles. The first-order valence-electron chi connectivity index (χ1n) is 10.5. The smallest absolute Gasteiger partial charge is 0.0510 e. The van der Waals surface area contributed by atoms with E-state index in [0.29, 0.717) is 5.92 Å². The van der Waals surface area contributed by atoms with Crippen LogP contribution in [0.4, 0.5) is 0 Å². The molecule has 1 fully saturated rings. The molecule has 5 rings (SSSR count). The van der Waals surface area contributed by atoms with Crippen molar-refractivity contribution in [1.29, 1.82) is 0 Å². The second kappa shape index (κ2) is 8.47. The minimum Gasteiger partial charge on any atom is -0.354 e. The van der Waals surface area contributed by atoms with Crippen molar-refractivity contribution in [3.05, 3.63) is 94.0 Å². The number of rotatable bonds is 4. The summed E-state index contributed by atoms with van der Waals surface area (Å²) in [6.07, 6.45) is 2.20. The van der Waals surface area contributed by atoms with Crippen LogP contribution >= 0.6 is 23.2 Å². The highest BCUT2D eigenvalue weighted by Crippen LogP contribution is 2.36. The number of halogens is 2. The van der Waals surface area contributed by atoms with E-state index in [4.69, 9.17) is 23.2 Å². The zero-order chi connectivity index (χ0) is 20.5. The first-order chi connectivity index (χ1) is 14.7. The first kappa shape index (κ1) is 19.7. The summed E-state index contributed by atoms with van der Waals surface area (Å²) in [5.41, 5.74) is 6.25. The van der Waals surface area contributed by atoms with Crippen LogP contribution in [-0.4, -0.2) is 23.0 Å². The number of nitrogens with zero attached hydrogens (tertiary/aromatic N) is 1. The van der Waals surface area contributed by atoms with Crippen LogP contribution in [0, 0.1) is 0 Å². The topological polar surface area (TPSA) is 19.0 Å². The van der Waals surface area contributed by atoms with Crippen molar-refractivity contribution >= 4 is 34.1 Å². The molecule has 152 valence electrons. The Kier molecular flexibility index (Phi) is 5.56. The fourth-order valence-electron chi connectivity index (χ4n) is 4.67. The second-order valence-corrected chi connectivity index (χ2v) is 8.95. The number of nitrogens with one attached hydrogen (secondary N) is 1. The van der Waals surface area contributed by atoms with Crippen molar-refractivity contribution in [3.8, 4) is 11.3 Å². The lowest BCUT2D eigenvalue weighted by Gasteiger charge is -2.32. The van der Waals surface area contributed by atoms with E-state index in [2.05, 4.69) is 64.5 Å². The fourth-order valence-corrected chi connectivity index (χ4v) is 5.12. The van der Waals surface area contributed by atoms with Gasteiger partial charge < -0.3 is 4.98 Å². The molecule has 0 aliphatic carbocycles. The fraction of sp³-hybridized carbons (Fsp3) is 0.231. The Hall–Kier alpha value is -2.26. The Morgan fingerprint density at radius 1 is 0.867 bits per heavy atom. The minimum atomic E-state index is 0.476. The number of benzene rings is 3. The summed E-state index contributed by atoms with van der Waals surface area (Å²) in [5, 5.41) is 2.92. The standard InChI is InChI=1S/C26H24Cl2N2/c27-20-10-11-24(28)22(16-20)18-12-14-30(15-13-18)17-23-21-8-4-5-9-25(21)29-26(23)19-6-2-1-3-7-19/h1-11,16,18,29H,12-15,17H2. The van der Waals surface area contributed by atoms with Crippen LogP contribution in [0.1, 0.15) is 29.9 Å². The zero-order valence-electron chi connectivity index (χ0n) is 16.7. The van der Waals surface area contributed by atoms with E-state index >= 15 is 0 Å². The SMILES string of the molecule is Clc1ccc(Cl)c(C2CCN(Cc3c(-c4ccccc4)[nH]c4ccccc34)CC2)c1. The van der Waals surface area contributed by atoms with Gasteiger partial charge in [0, 0.05) is 27.5 Å². The molecule has 4 heteroatoms. The van der Waals surface area contributed by atoms with Gasteiger partial charge in [-0.05, 0) is 72.8 Å². The molecule has 0 radical (unpaired) electrons. The van der Waals surface area contributed by atoms with E-state index < -0.39 is 0 Å². The summed E-state index contributed by atoms with van der Waals surface area (Å²) >= 11 is 12.7. The molecule has 1 N–H and O–H groups in total. The van der Waals surface area contributed by atoms with Gasteiger partial charge in [0.15, 0.2) is 0 Å². The highest BCUT2D eigenvalue weighted by atomic mass is 35.5. The van der Waals surface area contributed by atoms with Crippen LogP contribution in [0.25, 0.3) is 22.2 Å². The van der Waals surface area contributed by atoms with Gasteiger partial charge in [-0.2, -0.15) is 0 Å². The third kappa shape index (κ3) is 3.88. The van der Waals surface area contributed by atoms with Gasteiger partial charge in [0.05, 0.1) is 5.69 Å². The number of aromatic nitrogens is 1. The number of H-pyrrole nitrogens is 1. The summed E-state index contributed by atoms with van der Waals surface area (Å²) in [7, 11) is 0. The molecule has 0 unspecified atom stereocenters. The molecule has 30 heavy (non-hydrogen) atoms. The molecule has 3 aromatic carbocycles. The quantitative estimate of drug-likeness (QED) is 0.351. The summed E-state index contributed by atoms with van der Waals surface area (Å²) < 4.78 is 0. The summed E-state index contributed by atoms with van der Waals surface area (Å²) in [4.78, 5) is 6.23. The molecule has 1 aliphatic rings. The van der Waals surface area contributed by atoms with Crippen molar-refractivity contribution in [2.24, 2.45) is 0 Å². The van der Waals surface area contributed by atoms with Crippen LogP contribution < -0.4 is 0 Å². The maximum Gasteiger partial charge on any atom is 0.0510 e. The third-order valence-corrected chi connectivity index (χ3v) is 6.82. The molecule has 2 nitrogen and oxygen atoms in total. The molecule has 1 aromatic heterocycles. The van der Waals surface area contributed by atoms with Gasteiger partial charge in [-0.25, -0.2) is 0 Å². The summed E-state index contributed by atoms with van der Waals surface area (Å²) in [5.74, 6) is 0.476. The number of para-hydroxylation sites is 1. The van der Waals surface area contributed by atoms with Crippen LogP contribution in [0.5, 0.6) is 0 Å². The van der Waals surface area contributed by atoms with Gasteiger partial charge in [0.2, 0.25) is 0 Å². The molecular formula is C26H24Cl2N2. The number of fused-ring (bicyclic) bond motifs is 1. The number of piperidine rings is 1. The minimum absolute atomic E-state index is 0.476. The molecule has 0 spiro atoms. The number of hydrogen-bond acceptors (Lipinski definition) is 1. The highest BCUT2D eigenvalue weighted by Gasteiger charge is 2.24. The van der Waals surface area contributed by atoms with Gasteiger partial charge in [0.25, 0.3) is 0 Å². The molecule has 1 saturated heterocycles. The maximum atomic E-state index is 6.46. The molecule has 0 bridgehead atoms. The van der Waals surface area contributed by atoms with Crippen LogP contribution in [0.2, 0.25) is 10.0 Å². The average molecular weight is 435 g/mol. The zero-order valence-corrected chi connectivity index (χ0v) is 18.3. The largest absolute Gasteiger partial charge is 0.354 e. The van der Waals surface area contributed by atoms with E-state index in [0.717, 1.165) is 42.5 Å². The van der Waals surface area contributed by atoms with Gasteiger partial charge in [-0.1, -0.05) is 71.7 Å². The Bertz CT molecular complexity index is 1160. The van der Waals surface area contributed by atoms with Gasteiger partial charge >= 0.3 is 0 Å². The van der Waals surface area contributed by atoms with Crippen molar-refractivity contribution in [3.63, 3.8) is 0 Å². The Morgan fingerprint density at radius 2 is 1.60 bits per heavy atom. The second-order valence-electron chi connectivity index (χ2n) is 8.11. The molecule has 4 aromatic rings. The van der Waals surface area contributed by atoms with E-state index in [9.17, 15) is 0 Å². The number of likely N-dealkylation sites (tertiary alicyclic amines) is 1. The number of aromatic amines is 1. The highest BCUT2D eigenvalue weighted by molar-refractivity contribution is 6.33. The Balaban J connectivity index is 1.39. The van der Waals surface area contributed by atoms with Crippen LogP contribution in [0.3, 0.4) is 0 Å². The summed E-state index contributed by atoms with van der Waals surface area (Å²) in [6, 6.07) is 25.1. The summed E-state index contributed by atoms with van der Waals surface area (Å²) in [6.45, 7) is 3.06. The van der Waals surface area contributed by atoms with E-state index in [1.807, 2.05) is 18.2 Å². The first-order valence-corrected chi connectivity index (χ1v) is 11.3. The maximum absolute atomic E-state index is 6.46. The van der Waals surface area contributed by atoms with Crippen molar-refractivity contribution in [2.75, 3.05) is 13.1 Å². The predicted molar refractivity (Wildman–Crippen MR) is 127 cm³/mol. The Morgan fingerprint density at radius 3 is 2.40 bits per heavy atom. The molecule has 0 saturated carbocycles. The molecular weight excluding hydrogens is 411 g/mol.